The van der Waals surface area contributed by atoms with Crippen molar-refractivity contribution in [2.75, 3.05) is 0 Å². The fraction of sp³-hybridized carbons (Fsp3) is 0.111. The molecule has 0 saturated heterocycles. The quantitative estimate of drug-likeness (QED) is 0.575. The van der Waals surface area contributed by atoms with Gasteiger partial charge in [0, 0.05) is 0 Å². The first-order valence-corrected chi connectivity index (χ1v) is 7.93. The third kappa shape index (κ3) is 3.78. The van der Waals surface area contributed by atoms with E-state index in [2.05, 4.69) is 9.99 Å². The van der Waals surface area contributed by atoms with E-state index in [-0.39, 0.29) is 0 Å². The van der Waals surface area contributed by atoms with Gasteiger partial charge in [0.2, 0.25) is 0 Å². The van der Waals surface area contributed by atoms with E-state index in [1.165, 1.54) is 0 Å². The van der Waals surface area contributed by atoms with E-state index in [0.717, 1.165) is 11.1 Å². The Labute approximate surface area is 149 Å². The molecule has 1 heterocycles. The number of oxime groups is 1. The Morgan fingerprint density at radius 1 is 1.12 bits per heavy atom. The minimum atomic E-state index is -0.438. The van der Waals surface area contributed by atoms with Gasteiger partial charge in [-0.05, 0) is 48.4 Å². The Morgan fingerprint density at radius 2 is 1.88 bits per heavy atom. The van der Waals surface area contributed by atoms with Gasteiger partial charge in [0.05, 0.1) is 21.3 Å². The van der Waals surface area contributed by atoms with Crippen LogP contribution in [-0.2, 0) is 16.2 Å². The van der Waals surface area contributed by atoms with Crippen molar-refractivity contribution in [2.45, 2.75) is 13.5 Å². The highest BCUT2D eigenvalue weighted by atomic mass is 35.5. The zero-order chi connectivity index (χ0) is 17.1. The third-order valence-corrected chi connectivity index (χ3v) is 4.19. The summed E-state index contributed by atoms with van der Waals surface area (Å²) in [6.07, 6.45) is 1.73. The van der Waals surface area contributed by atoms with Crippen LogP contribution in [0.25, 0.3) is 6.08 Å². The molecule has 0 aliphatic carbocycles. The fourth-order valence-corrected chi connectivity index (χ4v) is 2.46. The van der Waals surface area contributed by atoms with E-state index < -0.39 is 5.97 Å². The van der Waals surface area contributed by atoms with E-state index in [9.17, 15) is 4.79 Å². The van der Waals surface area contributed by atoms with Gasteiger partial charge in [0.25, 0.3) is 0 Å². The standard InChI is InChI=1S/C18H13Cl2NO3/c1-11-15(18(22)24-21-11)8-12-2-5-14(6-3-12)23-10-13-4-7-16(19)17(20)9-13/h2-9H,10H2,1H3/b15-8-. The van der Waals surface area contributed by atoms with Crippen molar-refractivity contribution in [3.05, 3.63) is 69.2 Å². The third-order valence-electron chi connectivity index (χ3n) is 3.46. The highest BCUT2D eigenvalue weighted by Crippen LogP contribution is 2.24. The highest BCUT2D eigenvalue weighted by molar-refractivity contribution is 6.42. The molecule has 0 radical (unpaired) electrons. The monoisotopic (exact) mass is 361 g/mol. The molecule has 0 amide bonds. The van der Waals surface area contributed by atoms with Gasteiger partial charge >= 0.3 is 5.97 Å². The van der Waals surface area contributed by atoms with Crippen LogP contribution in [0.4, 0.5) is 0 Å². The lowest BCUT2D eigenvalue weighted by Crippen LogP contribution is -2.01. The molecule has 0 unspecified atom stereocenters. The minimum Gasteiger partial charge on any atom is -0.489 e. The number of carbonyl (C=O) groups is 1. The first-order chi connectivity index (χ1) is 11.5. The molecule has 0 N–H and O–H groups in total. The number of ether oxygens (including phenoxy) is 1. The van der Waals surface area contributed by atoms with Crippen LogP contribution in [0.5, 0.6) is 5.75 Å². The van der Waals surface area contributed by atoms with Crippen LogP contribution in [0.3, 0.4) is 0 Å². The van der Waals surface area contributed by atoms with E-state index >= 15 is 0 Å². The molecule has 2 aromatic rings. The molecule has 3 rings (SSSR count). The van der Waals surface area contributed by atoms with E-state index in [1.54, 1.807) is 25.1 Å². The van der Waals surface area contributed by atoms with Crippen LogP contribution in [-0.4, -0.2) is 11.7 Å². The van der Waals surface area contributed by atoms with E-state index in [1.807, 2.05) is 30.3 Å². The first kappa shape index (κ1) is 16.6. The van der Waals surface area contributed by atoms with E-state index in [0.29, 0.717) is 33.7 Å². The Hall–Kier alpha value is -2.30. The highest BCUT2D eigenvalue weighted by Gasteiger charge is 2.21. The summed E-state index contributed by atoms with van der Waals surface area (Å²) in [5, 5.41) is 4.66. The number of carbonyl (C=O) groups excluding carboxylic acids is 1. The van der Waals surface area contributed by atoms with Crippen LogP contribution in [0, 0.1) is 0 Å². The van der Waals surface area contributed by atoms with Crippen molar-refractivity contribution in [1.29, 1.82) is 0 Å². The Bertz CT molecular complexity index is 842. The van der Waals surface area contributed by atoms with Crippen molar-refractivity contribution in [3.8, 4) is 5.75 Å². The molecule has 122 valence electrons. The van der Waals surface area contributed by atoms with Crippen molar-refractivity contribution >= 4 is 41.0 Å². The molecule has 0 spiro atoms. The van der Waals surface area contributed by atoms with Crippen molar-refractivity contribution in [2.24, 2.45) is 5.16 Å². The number of hydrogen-bond donors (Lipinski definition) is 0. The summed E-state index contributed by atoms with van der Waals surface area (Å²) >= 11 is 11.9. The maximum Gasteiger partial charge on any atom is 0.367 e. The maximum absolute atomic E-state index is 11.5. The molecule has 1 aliphatic heterocycles. The van der Waals surface area contributed by atoms with Gasteiger partial charge in [-0.15, -0.1) is 0 Å². The van der Waals surface area contributed by atoms with Gasteiger partial charge in [-0.3, -0.25) is 0 Å². The predicted molar refractivity (Wildman–Crippen MR) is 94.4 cm³/mol. The second kappa shape index (κ2) is 7.07. The number of nitrogens with zero attached hydrogens (tertiary/aromatic N) is 1. The second-order valence-corrected chi connectivity index (χ2v) is 6.03. The molecular weight excluding hydrogens is 349 g/mol. The van der Waals surface area contributed by atoms with Gasteiger partial charge in [-0.2, -0.15) is 0 Å². The normalized spacial score (nSPS) is 15.4. The molecule has 2 aromatic carbocycles. The second-order valence-electron chi connectivity index (χ2n) is 5.22. The number of rotatable bonds is 4. The predicted octanol–water partition coefficient (Wildman–Crippen LogP) is 4.89. The zero-order valence-corrected chi connectivity index (χ0v) is 14.3. The van der Waals surface area contributed by atoms with Gasteiger partial charge in [0.15, 0.2) is 0 Å². The average molecular weight is 362 g/mol. The average Bonchev–Trinajstić information content (AvgIpc) is 2.89. The smallest absolute Gasteiger partial charge is 0.367 e. The summed E-state index contributed by atoms with van der Waals surface area (Å²) < 4.78 is 5.72. The molecule has 0 fully saturated rings. The maximum atomic E-state index is 11.5. The summed E-state index contributed by atoms with van der Waals surface area (Å²) in [5.41, 5.74) is 2.82. The Balaban J connectivity index is 1.66. The number of benzene rings is 2. The fourth-order valence-electron chi connectivity index (χ4n) is 2.14. The van der Waals surface area contributed by atoms with Crippen molar-refractivity contribution in [3.63, 3.8) is 0 Å². The molecular formula is C18H13Cl2NO3. The molecule has 6 heteroatoms. The first-order valence-electron chi connectivity index (χ1n) is 7.18. The number of halogens is 2. The van der Waals surface area contributed by atoms with Crippen LogP contribution in [0.15, 0.2) is 53.2 Å². The van der Waals surface area contributed by atoms with Crippen LogP contribution in [0.2, 0.25) is 10.0 Å². The molecule has 0 aromatic heterocycles. The summed E-state index contributed by atoms with van der Waals surface area (Å²) in [6.45, 7) is 2.11. The molecule has 4 nitrogen and oxygen atoms in total. The van der Waals surface area contributed by atoms with E-state index in [4.69, 9.17) is 27.9 Å². The molecule has 24 heavy (non-hydrogen) atoms. The van der Waals surface area contributed by atoms with Gasteiger partial charge in [0.1, 0.15) is 12.4 Å². The molecule has 0 atom stereocenters. The lowest BCUT2D eigenvalue weighted by molar-refractivity contribution is -0.136. The van der Waals surface area contributed by atoms with Gasteiger partial charge < -0.3 is 9.57 Å². The summed E-state index contributed by atoms with van der Waals surface area (Å²) in [7, 11) is 0. The van der Waals surface area contributed by atoms with Crippen molar-refractivity contribution < 1.29 is 14.4 Å². The lowest BCUT2D eigenvalue weighted by atomic mass is 10.1. The Kier molecular flexibility index (Phi) is 4.88. The summed E-state index contributed by atoms with van der Waals surface area (Å²) in [6, 6.07) is 12.7. The molecule has 0 saturated carbocycles. The SMILES string of the molecule is CC1=NOC(=O)/C1=C\c1ccc(OCc2ccc(Cl)c(Cl)c2)cc1. The van der Waals surface area contributed by atoms with Crippen molar-refractivity contribution in [1.82, 2.24) is 0 Å². The summed E-state index contributed by atoms with van der Waals surface area (Å²) in [5.74, 6) is 0.273. The van der Waals surface area contributed by atoms with Crippen LogP contribution < -0.4 is 4.74 Å². The van der Waals surface area contributed by atoms with Gasteiger partial charge in [-0.25, -0.2) is 4.79 Å². The van der Waals surface area contributed by atoms with Crippen LogP contribution in [0.1, 0.15) is 18.1 Å². The largest absolute Gasteiger partial charge is 0.489 e. The Morgan fingerprint density at radius 3 is 2.50 bits per heavy atom. The zero-order valence-electron chi connectivity index (χ0n) is 12.8. The number of hydrogen-bond acceptors (Lipinski definition) is 4. The molecule has 0 bridgehead atoms. The molecule has 1 aliphatic rings. The van der Waals surface area contributed by atoms with Gasteiger partial charge in [-0.1, -0.05) is 46.6 Å². The minimum absolute atomic E-state index is 0.384. The topological polar surface area (TPSA) is 47.9 Å². The lowest BCUT2D eigenvalue weighted by Gasteiger charge is -2.07. The summed E-state index contributed by atoms with van der Waals surface area (Å²) in [4.78, 5) is 16.1. The van der Waals surface area contributed by atoms with Crippen LogP contribution >= 0.6 is 23.2 Å².